The van der Waals surface area contributed by atoms with Gasteiger partial charge in [-0.25, -0.2) is 23.4 Å². The van der Waals surface area contributed by atoms with Gasteiger partial charge in [0.05, 0.1) is 12.3 Å². The molecule has 0 amide bonds. The maximum absolute atomic E-state index is 11.9. The van der Waals surface area contributed by atoms with Gasteiger partial charge in [0, 0.05) is 23.8 Å². The molecule has 2 aromatic rings. The van der Waals surface area contributed by atoms with Gasteiger partial charge in [0.25, 0.3) is 0 Å². The highest BCUT2D eigenvalue weighted by Crippen LogP contribution is 2.33. The van der Waals surface area contributed by atoms with Crippen molar-refractivity contribution in [3.05, 3.63) is 29.2 Å². The van der Waals surface area contributed by atoms with Gasteiger partial charge in [-0.05, 0) is 25.8 Å². The molecule has 0 aliphatic carbocycles. The van der Waals surface area contributed by atoms with Crippen molar-refractivity contribution in [2.75, 3.05) is 12.8 Å². The third kappa shape index (κ3) is 2.97. The molecular weight excluding hydrogens is 308 g/mol. The number of sulfonamides is 1. The van der Waals surface area contributed by atoms with Crippen LogP contribution in [0.5, 0.6) is 0 Å². The molecule has 3 heterocycles. The van der Waals surface area contributed by atoms with Crippen molar-refractivity contribution in [1.29, 1.82) is 0 Å². The van der Waals surface area contributed by atoms with Crippen LogP contribution < -0.4 is 0 Å². The first kappa shape index (κ1) is 14.6. The normalized spacial score (nSPS) is 20.0. The van der Waals surface area contributed by atoms with Gasteiger partial charge in [0.1, 0.15) is 16.5 Å². The van der Waals surface area contributed by atoms with Crippen LogP contribution in [-0.2, 0) is 10.0 Å². The van der Waals surface area contributed by atoms with E-state index in [1.807, 2.05) is 18.4 Å². The average Bonchev–Trinajstić information content (AvgIpc) is 3.09. The van der Waals surface area contributed by atoms with E-state index in [1.165, 1.54) is 21.9 Å². The third-order valence-electron chi connectivity index (χ3n) is 3.45. The van der Waals surface area contributed by atoms with E-state index < -0.39 is 10.0 Å². The minimum atomic E-state index is -3.24. The van der Waals surface area contributed by atoms with Crippen molar-refractivity contribution in [3.8, 4) is 10.7 Å². The first-order valence-electron chi connectivity index (χ1n) is 6.67. The lowest BCUT2D eigenvalue weighted by Gasteiger charge is -2.21. The van der Waals surface area contributed by atoms with Crippen LogP contribution in [0.3, 0.4) is 0 Å². The Balaban J connectivity index is 2.03. The monoisotopic (exact) mass is 324 g/mol. The summed E-state index contributed by atoms with van der Waals surface area (Å²) in [4.78, 5) is 13.3. The van der Waals surface area contributed by atoms with E-state index in [0.717, 1.165) is 29.2 Å². The van der Waals surface area contributed by atoms with Gasteiger partial charge in [-0.1, -0.05) is 0 Å². The molecule has 3 rings (SSSR count). The summed E-state index contributed by atoms with van der Waals surface area (Å²) in [6.07, 6.45) is 4.56. The standard InChI is InChI=1S/C13H16N4O2S2/c1-9-8-10(13-14-5-7-20-13)16-12(15-9)11-4-3-6-17(11)21(2,18)19/h5,7-8,11H,3-4,6H2,1-2H3. The van der Waals surface area contributed by atoms with Gasteiger partial charge >= 0.3 is 0 Å². The molecule has 0 spiro atoms. The highest BCUT2D eigenvalue weighted by atomic mass is 32.2. The van der Waals surface area contributed by atoms with Crippen molar-refractivity contribution < 1.29 is 8.42 Å². The summed E-state index contributed by atoms with van der Waals surface area (Å²) in [5, 5.41) is 2.72. The van der Waals surface area contributed by atoms with Crippen LogP contribution >= 0.6 is 11.3 Å². The Labute approximate surface area is 127 Å². The third-order valence-corrected chi connectivity index (χ3v) is 5.54. The quantitative estimate of drug-likeness (QED) is 0.863. The van der Waals surface area contributed by atoms with E-state index >= 15 is 0 Å². The Kier molecular flexibility index (Phi) is 3.76. The van der Waals surface area contributed by atoms with Crippen LogP contribution in [0.15, 0.2) is 17.6 Å². The smallest absolute Gasteiger partial charge is 0.211 e. The number of rotatable bonds is 3. The highest BCUT2D eigenvalue weighted by molar-refractivity contribution is 7.88. The second-order valence-electron chi connectivity index (χ2n) is 5.12. The van der Waals surface area contributed by atoms with Crippen molar-refractivity contribution >= 4 is 21.4 Å². The summed E-state index contributed by atoms with van der Waals surface area (Å²) in [5.41, 5.74) is 1.58. The maximum Gasteiger partial charge on any atom is 0.211 e. The minimum Gasteiger partial charge on any atom is -0.243 e. The predicted molar refractivity (Wildman–Crippen MR) is 81.4 cm³/mol. The Morgan fingerprint density at radius 2 is 2.19 bits per heavy atom. The first-order chi connectivity index (χ1) is 9.95. The van der Waals surface area contributed by atoms with Crippen LogP contribution in [0.4, 0.5) is 0 Å². The van der Waals surface area contributed by atoms with Gasteiger partial charge in [0.15, 0.2) is 0 Å². The van der Waals surface area contributed by atoms with Crippen molar-refractivity contribution in [3.63, 3.8) is 0 Å². The summed E-state index contributed by atoms with van der Waals surface area (Å²) in [6, 6.07) is 1.61. The zero-order chi connectivity index (χ0) is 15.0. The molecule has 0 N–H and O–H groups in total. The Morgan fingerprint density at radius 1 is 1.38 bits per heavy atom. The summed E-state index contributed by atoms with van der Waals surface area (Å²) < 4.78 is 25.2. The number of hydrogen-bond donors (Lipinski definition) is 0. The fraction of sp³-hybridized carbons (Fsp3) is 0.462. The van der Waals surface area contributed by atoms with Crippen LogP contribution in [0.25, 0.3) is 10.7 Å². The SMILES string of the molecule is Cc1cc(-c2nccs2)nc(C2CCCN2S(C)(=O)=O)n1. The van der Waals surface area contributed by atoms with Gasteiger partial charge in [-0.3, -0.25) is 0 Å². The topological polar surface area (TPSA) is 76.1 Å². The second kappa shape index (κ2) is 5.43. The van der Waals surface area contributed by atoms with Crippen molar-refractivity contribution in [2.45, 2.75) is 25.8 Å². The fourth-order valence-corrected chi connectivity index (χ4v) is 4.32. The molecule has 8 heteroatoms. The first-order valence-corrected chi connectivity index (χ1v) is 9.40. The Morgan fingerprint density at radius 3 is 2.86 bits per heavy atom. The molecular formula is C13H16N4O2S2. The lowest BCUT2D eigenvalue weighted by Crippen LogP contribution is -2.30. The highest BCUT2D eigenvalue weighted by Gasteiger charge is 2.34. The summed E-state index contributed by atoms with van der Waals surface area (Å²) in [5.74, 6) is 0.572. The van der Waals surface area contributed by atoms with Crippen molar-refractivity contribution in [2.24, 2.45) is 0 Å². The number of nitrogens with zero attached hydrogens (tertiary/aromatic N) is 4. The molecule has 21 heavy (non-hydrogen) atoms. The molecule has 0 aromatic carbocycles. The van der Waals surface area contributed by atoms with E-state index in [2.05, 4.69) is 15.0 Å². The molecule has 1 aliphatic heterocycles. The van der Waals surface area contributed by atoms with E-state index in [-0.39, 0.29) is 6.04 Å². The van der Waals surface area contributed by atoms with Gasteiger partial charge < -0.3 is 0 Å². The number of aromatic nitrogens is 3. The molecule has 1 atom stereocenters. The summed E-state index contributed by atoms with van der Waals surface area (Å²) in [7, 11) is -3.24. The van der Waals surface area contributed by atoms with E-state index in [4.69, 9.17) is 0 Å². The molecule has 0 saturated carbocycles. The minimum absolute atomic E-state index is 0.265. The Hall–Kier alpha value is -1.38. The number of aryl methyl sites for hydroxylation is 1. The number of hydrogen-bond acceptors (Lipinski definition) is 6. The van der Waals surface area contributed by atoms with Gasteiger partial charge in [-0.2, -0.15) is 4.31 Å². The lowest BCUT2D eigenvalue weighted by molar-refractivity contribution is 0.386. The molecule has 1 fully saturated rings. The van der Waals surface area contributed by atoms with Gasteiger partial charge in [0.2, 0.25) is 10.0 Å². The molecule has 112 valence electrons. The molecule has 1 unspecified atom stereocenters. The van der Waals surface area contributed by atoms with E-state index in [9.17, 15) is 8.42 Å². The van der Waals surface area contributed by atoms with Gasteiger partial charge in [-0.15, -0.1) is 11.3 Å². The molecule has 0 bridgehead atoms. The largest absolute Gasteiger partial charge is 0.243 e. The van der Waals surface area contributed by atoms with Crippen LogP contribution in [-0.4, -0.2) is 40.5 Å². The van der Waals surface area contributed by atoms with E-state index in [0.29, 0.717) is 12.4 Å². The molecule has 1 saturated heterocycles. The molecule has 0 radical (unpaired) electrons. The molecule has 1 aliphatic rings. The molecule has 2 aromatic heterocycles. The van der Waals surface area contributed by atoms with Crippen LogP contribution in [0.2, 0.25) is 0 Å². The Bertz CT molecular complexity index is 744. The zero-order valence-corrected chi connectivity index (χ0v) is 13.5. The zero-order valence-electron chi connectivity index (χ0n) is 11.9. The van der Waals surface area contributed by atoms with Crippen LogP contribution in [0.1, 0.15) is 30.4 Å². The summed E-state index contributed by atoms with van der Waals surface area (Å²) in [6.45, 7) is 2.43. The van der Waals surface area contributed by atoms with Crippen LogP contribution in [0, 0.1) is 6.92 Å². The second-order valence-corrected chi connectivity index (χ2v) is 7.95. The lowest BCUT2D eigenvalue weighted by atomic mass is 10.2. The maximum atomic E-state index is 11.9. The summed E-state index contributed by atoms with van der Waals surface area (Å²) >= 11 is 1.51. The predicted octanol–water partition coefficient (Wildman–Crippen LogP) is 2.01. The average molecular weight is 324 g/mol. The fourth-order valence-electron chi connectivity index (χ4n) is 2.60. The number of thiazole rings is 1. The van der Waals surface area contributed by atoms with E-state index in [1.54, 1.807) is 6.20 Å². The van der Waals surface area contributed by atoms with Crippen molar-refractivity contribution in [1.82, 2.24) is 19.3 Å². The molecule has 6 nitrogen and oxygen atoms in total.